The molecule has 2 saturated heterocycles. The highest BCUT2D eigenvalue weighted by atomic mass is 35.5. The van der Waals surface area contributed by atoms with E-state index in [1.807, 2.05) is 4.90 Å². The number of aromatic nitrogens is 1. The Bertz CT molecular complexity index is 520. The number of carbonyl (C=O) groups is 1. The van der Waals surface area contributed by atoms with Crippen LogP contribution in [0.5, 0.6) is 0 Å². The van der Waals surface area contributed by atoms with Crippen molar-refractivity contribution < 1.29 is 4.79 Å². The first-order chi connectivity index (χ1) is 10.7. The summed E-state index contributed by atoms with van der Waals surface area (Å²) < 4.78 is 0. The van der Waals surface area contributed by atoms with Crippen molar-refractivity contribution in [2.24, 2.45) is 5.92 Å². The first kappa shape index (κ1) is 15.8. The van der Waals surface area contributed by atoms with Crippen LogP contribution in [0.2, 0.25) is 10.0 Å². The van der Waals surface area contributed by atoms with Crippen molar-refractivity contribution in [1.82, 2.24) is 15.2 Å². The zero-order chi connectivity index (χ0) is 15.5. The van der Waals surface area contributed by atoms with E-state index in [4.69, 9.17) is 23.2 Å². The number of hydrogen-bond acceptors (Lipinski definition) is 4. The van der Waals surface area contributed by atoms with E-state index >= 15 is 0 Å². The molecule has 0 radical (unpaired) electrons. The summed E-state index contributed by atoms with van der Waals surface area (Å²) in [6, 6.07) is 0. The fourth-order valence-corrected chi connectivity index (χ4v) is 3.80. The molecule has 0 atom stereocenters. The molecule has 1 N–H and O–H groups in total. The van der Waals surface area contributed by atoms with Crippen LogP contribution in [-0.2, 0) is 4.79 Å². The van der Waals surface area contributed by atoms with Gasteiger partial charge in [0, 0.05) is 57.6 Å². The minimum Gasteiger partial charge on any atom is -0.369 e. The lowest BCUT2D eigenvalue weighted by Gasteiger charge is -2.37. The van der Waals surface area contributed by atoms with Gasteiger partial charge >= 0.3 is 0 Å². The number of halogens is 2. The topological polar surface area (TPSA) is 48.5 Å². The van der Waals surface area contributed by atoms with Gasteiger partial charge in [0.15, 0.2) is 0 Å². The molecule has 7 heteroatoms. The number of hydrogen-bond donors (Lipinski definition) is 1. The van der Waals surface area contributed by atoms with Gasteiger partial charge in [-0.05, 0) is 12.8 Å². The molecule has 0 aliphatic carbocycles. The number of rotatable bonds is 2. The van der Waals surface area contributed by atoms with Crippen LogP contribution >= 0.6 is 23.2 Å². The Morgan fingerprint density at radius 2 is 1.68 bits per heavy atom. The van der Waals surface area contributed by atoms with Gasteiger partial charge in [0.2, 0.25) is 5.91 Å². The zero-order valence-corrected chi connectivity index (χ0v) is 13.9. The SMILES string of the molecule is O=C(C1CCN(c2c(Cl)cncc2Cl)CC1)N1CCNCC1. The molecule has 0 unspecified atom stereocenters. The molecule has 120 valence electrons. The van der Waals surface area contributed by atoms with Crippen LogP contribution in [0.15, 0.2) is 12.4 Å². The van der Waals surface area contributed by atoms with Gasteiger partial charge in [0.25, 0.3) is 0 Å². The van der Waals surface area contributed by atoms with Gasteiger partial charge < -0.3 is 15.1 Å². The summed E-state index contributed by atoms with van der Waals surface area (Å²) >= 11 is 12.4. The van der Waals surface area contributed by atoms with Crippen LogP contribution in [0.25, 0.3) is 0 Å². The summed E-state index contributed by atoms with van der Waals surface area (Å²) in [5.41, 5.74) is 0.839. The molecule has 22 heavy (non-hydrogen) atoms. The second kappa shape index (κ2) is 7.02. The van der Waals surface area contributed by atoms with Crippen molar-refractivity contribution in [2.45, 2.75) is 12.8 Å². The highest BCUT2D eigenvalue weighted by Crippen LogP contribution is 2.35. The lowest BCUT2D eigenvalue weighted by atomic mass is 9.94. The maximum atomic E-state index is 12.5. The molecule has 2 aliphatic rings. The lowest BCUT2D eigenvalue weighted by Crippen LogP contribution is -2.50. The standard InChI is InChI=1S/C15H20Cl2N4O/c16-12-9-19-10-13(17)14(12)20-5-1-11(2-6-20)15(22)21-7-3-18-4-8-21/h9-11,18H,1-8H2. The molecule has 0 bridgehead atoms. The molecule has 3 rings (SSSR count). The van der Waals surface area contributed by atoms with Crippen LogP contribution in [0, 0.1) is 5.92 Å². The predicted octanol–water partition coefficient (Wildman–Crippen LogP) is 2.04. The Hall–Kier alpha value is -1.04. The van der Waals surface area contributed by atoms with E-state index in [9.17, 15) is 4.79 Å². The Kier molecular flexibility index (Phi) is 5.06. The van der Waals surface area contributed by atoms with Gasteiger partial charge in [-0.15, -0.1) is 0 Å². The number of anilines is 1. The second-order valence-electron chi connectivity index (χ2n) is 5.79. The molecule has 1 aromatic rings. The third-order valence-electron chi connectivity index (χ3n) is 4.42. The molecule has 0 aromatic carbocycles. The van der Waals surface area contributed by atoms with Crippen molar-refractivity contribution >= 4 is 34.8 Å². The number of nitrogens with one attached hydrogen (secondary N) is 1. The monoisotopic (exact) mass is 342 g/mol. The highest BCUT2D eigenvalue weighted by Gasteiger charge is 2.30. The quantitative estimate of drug-likeness (QED) is 0.893. The highest BCUT2D eigenvalue weighted by molar-refractivity contribution is 6.38. The summed E-state index contributed by atoms with van der Waals surface area (Å²) in [5, 5.41) is 4.41. The molecule has 0 saturated carbocycles. The third kappa shape index (κ3) is 3.31. The lowest BCUT2D eigenvalue weighted by molar-refractivity contribution is -0.136. The first-order valence-electron chi connectivity index (χ1n) is 7.70. The summed E-state index contributed by atoms with van der Waals surface area (Å²) in [4.78, 5) is 20.7. The molecular formula is C15H20Cl2N4O. The van der Waals surface area contributed by atoms with E-state index in [1.165, 1.54) is 0 Å². The number of amides is 1. The summed E-state index contributed by atoms with van der Waals surface area (Å²) in [5.74, 6) is 0.418. The Morgan fingerprint density at radius 3 is 2.27 bits per heavy atom. The normalized spacial score (nSPS) is 20.3. The van der Waals surface area contributed by atoms with Crippen LogP contribution in [0.3, 0.4) is 0 Å². The van der Waals surface area contributed by atoms with Crippen LogP contribution in [0.4, 0.5) is 5.69 Å². The van der Waals surface area contributed by atoms with Crippen molar-refractivity contribution in [3.8, 4) is 0 Å². The molecule has 1 amide bonds. The van der Waals surface area contributed by atoms with E-state index in [2.05, 4.69) is 15.2 Å². The van der Waals surface area contributed by atoms with Gasteiger partial charge in [-0.25, -0.2) is 0 Å². The van der Waals surface area contributed by atoms with E-state index < -0.39 is 0 Å². The third-order valence-corrected chi connectivity index (χ3v) is 4.97. The molecule has 2 aliphatic heterocycles. The second-order valence-corrected chi connectivity index (χ2v) is 6.60. The fourth-order valence-electron chi connectivity index (χ4n) is 3.20. The Balaban J connectivity index is 1.61. The smallest absolute Gasteiger partial charge is 0.225 e. The van der Waals surface area contributed by atoms with E-state index in [0.717, 1.165) is 57.8 Å². The largest absolute Gasteiger partial charge is 0.369 e. The number of carbonyl (C=O) groups excluding carboxylic acids is 1. The van der Waals surface area contributed by atoms with Gasteiger partial charge in [-0.2, -0.15) is 0 Å². The summed E-state index contributed by atoms with van der Waals surface area (Å²) in [6.07, 6.45) is 4.91. The Labute approximate surface area is 140 Å². The molecule has 1 aromatic heterocycles. The number of pyridine rings is 1. The Morgan fingerprint density at radius 1 is 1.09 bits per heavy atom. The average Bonchev–Trinajstić information content (AvgIpc) is 2.55. The van der Waals surface area contributed by atoms with Crippen LogP contribution in [0.1, 0.15) is 12.8 Å². The summed E-state index contributed by atoms with van der Waals surface area (Å²) in [6.45, 7) is 5.03. The molecule has 0 spiro atoms. The van der Waals surface area contributed by atoms with Gasteiger partial charge in [-0.1, -0.05) is 23.2 Å². The number of piperazine rings is 1. The zero-order valence-electron chi connectivity index (χ0n) is 12.4. The van der Waals surface area contributed by atoms with Crippen LogP contribution in [-0.4, -0.2) is 55.1 Å². The molecule has 3 heterocycles. The van der Waals surface area contributed by atoms with E-state index in [1.54, 1.807) is 12.4 Å². The predicted molar refractivity (Wildman–Crippen MR) is 88.6 cm³/mol. The minimum atomic E-state index is 0.119. The van der Waals surface area contributed by atoms with E-state index in [-0.39, 0.29) is 5.92 Å². The first-order valence-corrected chi connectivity index (χ1v) is 8.46. The average molecular weight is 343 g/mol. The number of nitrogens with zero attached hydrogens (tertiary/aromatic N) is 3. The van der Waals surface area contributed by atoms with Crippen molar-refractivity contribution in [2.75, 3.05) is 44.2 Å². The number of piperidine rings is 1. The minimum absolute atomic E-state index is 0.119. The summed E-state index contributed by atoms with van der Waals surface area (Å²) in [7, 11) is 0. The van der Waals surface area contributed by atoms with E-state index in [0.29, 0.717) is 16.0 Å². The van der Waals surface area contributed by atoms with Crippen molar-refractivity contribution in [3.05, 3.63) is 22.4 Å². The fraction of sp³-hybridized carbons (Fsp3) is 0.600. The molecule has 2 fully saturated rings. The molecular weight excluding hydrogens is 323 g/mol. The van der Waals surface area contributed by atoms with Gasteiger partial charge in [-0.3, -0.25) is 9.78 Å². The van der Waals surface area contributed by atoms with Crippen molar-refractivity contribution in [1.29, 1.82) is 0 Å². The molecule has 5 nitrogen and oxygen atoms in total. The van der Waals surface area contributed by atoms with Crippen LogP contribution < -0.4 is 10.2 Å². The van der Waals surface area contributed by atoms with Crippen molar-refractivity contribution in [3.63, 3.8) is 0 Å². The maximum Gasteiger partial charge on any atom is 0.225 e. The maximum absolute atomic E-state index is 12.5. The van der Waals surface area contributed by atoms with Gasteiger partial charge in [0.05, 0.1) is 15.7 Å². The van der Waals surface area contributed by atoms with Gasteiger partial charge in [0.1, 0.15) is 0 Å².